The molecule has 1 nitrogen and oxygen atoms in total. The number of carbonyl (C=O) groups is 1. The topological polar surface area (TPSA) is 17.1 Å². The molecule has 0 unspecified atom stereocenters. The first-order valence-corrected chi connectivity index (χ1v) is 5.58. The summed E-state index contributed by atoms with van der Waals surface area (Å²) in [6.07, 6.45) is -0.0480. The van der Waals surface area contributed by atoms with Crippen molar-refractivity contribution in [3.8, 4) is 0 Å². The number of halogens is 4. The summed E-state index contributed by atoms with van der Waals surface area (Å²) in [5, 5.41) is -1.10. The van der Waals surface area contributed by atoms with E-state index in [0.717, 1.165) is 12.1 Å². The van der Waals surface area contributed by atoms with Gasteiger partial charge < -0.3 is 0 Å². The fourth-order valence-electron chi connectivity index (χ4n) is 1.07. The van der Waals surface area contributed by atoms with Crippen molar-refractivity contribution in [2.75, 3.05) is 0 Å². The molecule has 1 aliphatic rings. The molecule has 0 N–H and O–H groups in total. The fraction of sp³-hybridized carbons (Fsp3) is 0.417. The molecule has 5 heteroatoms. The number of aryl methyl sites for hydroxylation is 1. The van der Waals surface area contributed by atoms with E-state index in [2.05, 4.69) is 0 Å². The average molecular weight is 265 g/mol. The van der Waals surface area contributed by atoms with Gasteiger partial charge in [-0.2, -0.15) is 13.2 Å². The van der Waals surface area contributed by atoms with Gasteiger partial charge in [-0.15, -0.1) is 0 Å². The highest BCUT2D eigenvalue weighted by molar-refractivity contribution is 6.67. The zero-order chi connectivity index (χ0) is 13.1. The van der Waals surface area contributed by atoms with Gasteiger partial charge in [-0.1, -0.05) is 30.9 Å². The minimum Gasteiger partial charge on any atom is -0.276 e. The van der Waals surface area contributed by atoms with Gasteiger partial charge >= 0.3 is 6.18 Å². The van der Waals surface area contributed by atoms with Crippen molar-refractivity contribution in [3.05, 3.63) is 34.9 Å². The van der Waals surface area contributed by atoms with Crippen molar-refractivity contribution in [1.29, 1.82) is 0 Å². The zero-order valence-electron chi connectivity index (χ0n) is 9.27. The Hall–Kier alpha value is -1.03. The van der Waals surface area contributed by atoms with Crippen molar-refractivity contribution in [2.24, 2.45) is 0 Å². The predicted octanol–water partition coefficient (Wildman–Crippen LogP) is 4.56. The number of carbonyl (C=O) groups excluding carboxylic acids is 1. The van der Waals surface area contributed by atoms with Crippen LogP contribution in [0.15, 0.2) is 18.2 Å². The molecule has 1 aromatic rings. The third-order valence-electron chi connectivity index (χ3n) is 2.05. The Morgan fingerprint density at radius 3 is 2.12 bits per heavy atom. The summed E-state index contributed by atoms with van der Waals surface area (Å²) in [4.78, 5) is 10.7. The van der Waals surface area contributed by atoms with E-state index in [1.807, 2.05) is 0 Å². The van der Waals surface area contributed by atoms with Crippen LogP contribution >= 0.6 is 11.6 Å². The first kappa shape index (κ1) is 14.0. The maximum Gasteiger partial charge on any atom is 0.417 e. The molecule has 0 radical (unpaired) electrons. The molecule has 1 aromatic carbocycles. The lowest BCUT2D eigenvalue weighted by Crippen LogP contribution is -2.10. The lowest BCUT2D eigenvalue weighted by atomic mass is 10.1. The maximum atomic E-state index is 12.3. The molecule has 0 amide bonds. The molecule has 0 aromatic heterocycles. The summed E-state index contributed by atoms with van der Waals surface area (Å²) < 4.78 is 37.0. The number of hydrogen-bond donors (Lipinski definition) is 0. The lowest BCUT2D eigenvalue weighted by molar-refractivity contribution is -0.137. The van der Waals surface area contributed by atoms with Crippen molar-refractivity contribution in [2.45, 2.75) is 32.4 Å². The second-order valence-corrected chi connectivity index (χ2v) is 4.22. The summed E-state index contributed by atoms with van der Waals surface area (Å²) in [5.74, 6) is 0. The van der Waals surface area contributed by atoms with Gasteiger partial charge in [0.25, 0.3) is 5.24 Å². The molecular formula is C12H12ClF3O. The van der Waals surface area contributed by atoms with E-state index < -0.39 is 22.5 Å². The second-order valence-electron chi connectivity index (χ2n) is 3.88. The molecule has 94 valence electrons. The van der Waals surface area contributed by atoms with Crippen LogP contribution < -0.4 is 0 Å². The SMILES string of the molecule is C1CC1.Cc1ccc(C(F)(F)F)c(C(=O)Cl)c1. The molecule has 2 rings (SSSR count). The Bertz CT molecular complexity index is 408. The molecule has 0 bridgehead atoms. The van der Waals surface area contributed by atoms with Crippen LogP contribution in [0.1, 0.15) is 40.7 Å². The highest BCUT2D eigenvalue weighted by Crippen LogP contribution is 2.33. The molecule has 1 saturated carbocycles. The minimum atomic E-state index is -4.55. The highest BCUT2D eigenvalue weighted by atomic mass is 35.5. The van der Waals surface area contributed by atoms with Crippen LogP contribution in [0.5, 0.6) is 0 Å². The van der Waals surface area contributed by atoms with Crippen molar-refractivity contribution in [1.82, 2.24) is 0 Å². The molecular weight excluding hydrogens is 253 g/mol. The maximum absolute atomic E-state index is 12.3. The van der Waals surface area contributed by atoms with E-state index in [1.165, 1.54) is 25.3 Å². The van der Waals surface area contributed by atoms with Gasteiger partial charge in [-0.25, -0.2) is 0 Å². The number of rotatable bonds is 1. The monoisotopic (exact) mass is 264 g/mol. The van der Waals surface area contributed by atoms with E-state index in [0.29, 0.717) is 5.56 Å². The molecule has 0 aliphatic heterocycles. The molecule has 17 heavy (non-hydrogen) atoms. The van der Waals surface area contributed by atoms with Gasteiger partial charge in [-0.05, 0) is 30.7 Å². The standard InChI is InChI=1S/C9H6ClF3O.C3H6/c1-5-2-3-7(9(11,12)13)6(4-5)8(10)14;1-2-3-1/h2-4H,1H3;1-3H2. The van der Waals surface area contributed by atoms with Gasteiger partial charge in [-0.3, -0.25) is 4.79 Å². The minimum absolute atomic E-state index is 0.501. The summed E-state index contributed by atoms with van der Waals surface area (Å²) in [6, 6.07) is 3.26. The average Bonchev–Trinajstić information content (AvgIpc) is 3.01. The van der Waals surface area contributed by atoms with Crippen molar-refractivity contribution in [3.63, 3.8) is 0 Å². The van der Waals surface area contributed by atoms with Crippen LogP contribution in [0.25, 0.3) is 0 Å². The Kier molecular flexibility index (Phi) is 4.57. The van der Waals surface area contributed by atoms with E-state index >= 15 is 0 Å². The molecule has 0 saturated heterocycles. The van der Waals surface area contributed by atoms with Gasteiger partial charge in [0.05, 0.1) is 5.56 Å². The molecule has 0 atom stereocenters. The predicted molar refractivity (Wildman–Crippen MR) is 60.2 cm³/mol. The Morgan fingerprint density at radius 2 is 1.76 bits per heavy atom. The van der Waals surface area contributed by atoms with Crippen LogP contribution in [0.2, 0.25) is 0 Å². The fourth-order valence-corrected chi connectivity index (χ4v) is 1.22. The normalized spacial score (nSPS) is 13.7. The Morgan fingerprint density at radius 1 is 1.24 bits per heavy atom. The third-order valence-corrected chi connectivity index (χ3v) is 2.25. The second kappa shape index (κ2) is 5.54. The van der Waals surface area contributed by atoms with E-state index in [1.54, 1.807) is 6.92 Å². The van der Waals surface area contributed by atoms with Crippen molar-refractivity contribution >= 4 is 16.8 Å². The van der Waals surface area contributed by atoms with E-state index in [-0.39, 0.29) is 0 Å². The molecule has 0 heterocycles. The number of benzene rings is 1. The van der Waals surface area contributed by atoms with Gasteiger partial charge in [0, 0.05) is 5.56 Å². The Labute approximate surface area is 103 Å². The summed E-state index contributed by atoms with van der Waals surface area (Å²) >= 11 is 5.05. The molecule has 0 spiro atoms. The smallest absolute Gasteiger partial charge is 0.276 e. The Balaban J connectivity index is 0.000000415. The lowest BCUT2D eigenvalue weighted by Gasteiger charge is -2.10. The van der Waals surface area contributed by atoms with Gasteiger partial charge in [0.2, 0.25) is 0 Å². The van der Waals surface area contributed by atoms with Crippen LogP contribution in [0.3, 0.4) is 0 Å². The van der Waals surface area contributed by atoms with Crippen LogP contribution in [-0.4, -0.2) is 5.24 Å². The number of alkyl halides is 3. The van der Waals surface area contributed by atoms with Crippen LogP contribution in [0, 0.1) is 6.92 Å². The summed E-state index contributed by atoms with van der Waals surface area (Å²) in [6.45, 7) is 1.59. The highest BCUT2D eigenvalue weighted by Gasteiger charge is 2.34. The summed E-state index contributed by atoms with van der Waals surface area (Å²) in [7, 11) is 0. The third kappa shape index (κ3) is 4.77. The zero-order valence-corrected chi connectivity index (χ0v) is 10.0. The number of hydrogen-bond acceptors (Lipinski definition) is 1. The van der Waals surface area contributed by atoms with E-state index in [4.69, 9.17) is 11.6 Å². The van der Waals surface area contributed by atoms with Gasteiger partial charge in [0.15, 0.2) is 0 Å². The molecule has 1 fully saturated rings. The van der Waals surface area contributed by atoms with Crippen LogP contribution in [-0.2, 0) is 6.18 Å². The quantitative estimate of drug-likeness (QED) is 0.680. The molecule has 1 aliphatic carbocycles. The van der Waals surface area contributed by atoms with Crippen molar-refractivity contribution < 1.29 is 18.0 Å². The van der Waals surface area contributed by atoms with Crippen LogP contribution in [0.4, 0.5) is 13.2 Å². The first-order valence-electron chi connectivity index (χ1n) is 5.20. The first-order chi connectivity index (χ1) is 7.82. The van der Waals surface area contributed by atoms with Gasteiger partial charge in [0.1, 0.15) is 0 Å². The summed E-state index contributed by atoms with van der Waals surface area (Å²) in [5.41, 5.74) is -0.940. The van der Waals surface area contributed by atoms with E-state index in [9.17, 15) is 18.0 Å². The largest absolute Gasteiger partial charge is 0.417 e.